The van der Waals surface area contributed by atoms with Crippen LogP contribution in [0.4, 0.5) is 0 Å². The summed E-state index contributed by atoms with van der Waals surface area (Å²) >= 11 is 0. The second-order valence-corrected chi connectivity index (χ2v) is 23.8. The van der Waals surface area contributed by atoms with Crippen LogP contribution in [0.3, 0.4) is 0 Å². The van der Waals surface area contributed by atoms with Gasteiger partial charge in [-0.3, -0.25) is 14.4 Å². The largest absolute Gasteiger partial charge is 0.462 e. The summed E-state index contributed by atoms with van der Waals surface area (Å²) in [5.41, 5.74) is 0. The van der Waals surface area contributed by atoms with Crippen LogP contribution in [-0.2, 0) is 28.6 Å². The van der Waals surface area contributed by atoms with Gasteiger partial charge in [0.25, 0.3) is 0 Å². The highest BCUT2D eigenvalue weighted by molar-refractivity contribution is 5.71. The summed E-state index contributed by atoms with van der Waals surface area (Å²) in [7, 11) is 0. The van der Waals surface area contributed by atoms with Gasteiger partial charge in [-0.25, -0.2) is 0 Å². The van der Waals surface area contributed by atoms with Crippen LogP contribution < -0.4 is 0 Å². The van der Waals surface area contributed by atoms with E-state index in [1.54, 1.807) is 0 Å². The predicted molar refractivity (Wildman–Crippen MR) is 339 cm³/mol. The molecule has 0 radical (unpaired) electrons. The zero-order chi connectivity index (χ0) is 56.4. The van der Waals surface area contributed by atoms with E-state index in [9.17, 15) is 14.4 Å². The Labute approximate surface area is 486 Å². The van der Waals surface area contributed by atoms with Crippen molar-refractivity contribution in [3.8, 4) is 0 Å². The maximum Gasteiger partial charge on any atom is 0.306 e. The summed E-state index contributed by atoms with van der Waals surface area (Å²) < 4.78 is 17.0. The normalized spacial score (nSPS) is 12.2. The minimum absolute atomic E-state index is 0.0731. The molecule has 0 amide bonds. The molecule has 1 unspecified atom stereocenters. The Balaban J connectivity index is 4.19. The second-order valence-electron chi connectivity index (χ2n) is 23.8. The van der Waals surface area contributed by atoms with Crippen LogP contribution >= 0.6 is 0 Å². The molecule has 78 heavy (non-hydrogen) atoms. The van der Waals surface area contributed by atoms with Crippen molar-refractivity contribution in [2.45, 2.75) is 393 Å². The summed E-state index contributed by atoms with van der Waals surface area (Å²) in [6, 6.07) is 0. The van der Waals surface area contributed by atoms with Crippen LogP contribution in [0.5, 0.6) is 0 Å². The molecule has 0 aliphatic heterocycles. The third kappa shape index (κ3) is 64.5. The standard InChI is InChI=1S/C72H134O6/c1-4-7-10-13-16-19-22-25-27-29-31-32-33-34-35-36-37-38-39-41-42-44-47-50-53-56-59-62-65-71(74)77-68-69(67-76-70(73)64-61-58-55-52-49-46-24-21-18-15-12-9-6-3)78-72(75)66-63-60-57-54-51-48-45-43-40-30-28-26-23-20-17-14-11-8-5-2/h12,15,21,24,26,28,69H,4-11,13-14,16-20,22-23,25,27,29-68H2,1-3H3/b15-12-,24-21-,28-26-. The summed E-state index contributed by atoms with van der Waals surface area (Å²) in [5.74, 6) is -0.864. The summed E-state index contributed by atoms with van der Waals surface area (Å²) in [4.78, 5) is 38.4. The van der Waals surface area contributed by atoms with Gasteiger partial charge < -0.3 is 14.2 Å². The average Bonchev–Trinajstić information content (AvgIpc) is 3.44. The molecule has 0 N–H and O–H groups in total. The minimum Gasteiger partial charge on any atom is -0.462 e. The molecule has 0 aliphatic carbocycles. The first-order valence-electron chi connectivity index (χ1n) is 35.0. The molecule has 1 atom stereocenters. The van der Waals surface area contributed by atoms with Crippen molar-refractivity contribution in [1.82, 2.24) is 0 Å². The van der Waals surface area contributed by atoms with Gasteiger partial charge in [0.15, 0.2) is 6.10 Å². The van der Waals surface area contributed by atoms with Gasteiger partial charge >= 0.3 is 17.9 Å². The molecule has 6 nitrogen and oxygen atoms in total. The zero-order valence-electron chi connectivity index (χ0n) is 52.7. The predicted octanol–water partition coefficient (Wildman–Crippen LogP) is 23.9. The van der Waals surface area contributed by atoms with Crippen molar-refractivity contribution in [2.24, 2.45) is 0 Å². The van der Waals surface area contributed by atoms with Crippen LogP contribution in [0, 0.1) is 0 Å². The Kier molecular flexibility index (Phi) is 65.1. The minimum atomic E-state index is -0.778. The van der Waals surface area contributed by atoms with Crippen molar-refractivity contribution >= 4 is 17.9 Å². The average molecular weight is 1100 g/mol. The van der Waals surface area contributed by atoms with Crippen LogP contribution in [0.15, 0.2) is 36.5 Å². The van der Waals surface area contributed by atoms with Crippen molar-refractivity contribution in [2.75, 3.05) is 13.2 Å². The van der Waals surface area contributed by atoms with E-state index in [-0.39, 0.29) is 31.1 Å². The topological polar surface area (TPSA) is 78.9 Å². The molecule has 0 aromatic rings. The lowest BCUT2D eigenvalue weighted by Gasteiger charge is -2.18. The van der Waals surface area contributed by atoms with E-state index in [0.717, 1.165) is 83.5 Å². The smallest absolute Gasteiger partial charge is 0.306 e. The van der Waals surface area contributed by atoms with Crippen molar-refractivity contribution in [3.63, 3.8) is 0 Å². The van der Waals surface area contributed by atoms with Gasteiger partial charge in [-0.2, -0.15) is 0 Å². The number of carbonyl (C=O) groups is 3. The van der Waals surface area contributed by atoms with Gasteiger partial charge in [-0.1, -0.05) is 333 Å². The molecule has 0 aromatic heterocycles. The third-order valence-corrected chi connectivity index (χ3v) is 15.8. The van der Waals surface area contributed by atoms with E-state index >= 15 is 0 Å². The van der Waals surface area contributed by atoms with E-state index in [0.29, 0.717) is 19.3 Å². The first-order valence-corrected chi connectivity index (χ1v) is 35.0. The summed E-state index contributed by atoms with van der Waals surface area (Å²) in [6.07, 6.45) is 83.2. The number of hydrogen-bond donors (Lipinski definition) is 0. The summed E-state index contributed by atoms with van der Waals surface area (Å²) in [5, 5.41) is 0. The van der Waals surface area contributed by atoms with Crippen LogP contribution in [0.25, 0.3) is 0 Å². The van der Waals surface area contributed by atoms with E-state index in [1.165, 1.54) is 263 Å². The molecule has 0 saturated carbocycles. The molecule has 0 heterocycles. The highest BCUT2D eigenvalue weighted by atomic mass is 16.6. The van der Waals surface area contributed by atoms with Crippen LogP contribution in [0.1, 0.15) is 387 Å². The Bertz CT molecular complexity index is 1300. The number of carbonyl (C=O) groups excluding carboxylic acids is 3. The van der Waals surface area contributed by atoms with E-state index < -0.39 is 6.10 Å². The molecule has 0 aliphatic rings. The fourth-order valence-corrected chi connectivity index (χ4v) is 10.6. The fourth-order valence-electron chi connectivity index (χ4n) is 10.6. The molecule has 0 bridgehead atoms. The van der Waals surface area contributed by atoms with Gasteiger partial charge in [0.1, 0.15) is 13.2 Å². The Morgan fingerprint density at radius 2 is 0.487 bits per heavy atom. The van der Waals surface area contributed by atoms with Gasteiger partial charge in [0, 0.05) is 19.3 Å². The molecule has 0 rings (SSSR count). The first-order chi connectivity index (χ1) is 38.5. The molecular weight excluding hydrogens is 961 g/mol. The van der Waals surface area contributed by atoms with Crippen molar-refractivity contribution < 1.29 is 28.6 Å². The van der Waals surface area contributed by atoms with Crippen molar-refractivity contribution in [1.29, 1.82) is 0 Å². The van der Waals surface area contributed by atoms with Crippen molar-refractivity contribution in [3.05, 3.63) is 36.5 Å². The highest BCUT2D eigenvalue weighted by Crippen LogP contribution is 2.19. The van der Waals surface area contributed by atoms with Crippen LogP contribution in [-0.4, -0.2) is 37.2 Å². The number of unbranched alkanes of at least 4 members (excludes halogenated alkanes) is 48. The van der Waals surface area contributed by atoms with E-state index in [4.69, 9.17) is 14.2 Å². The number of hydrogen-bond acceptors (Lipinski definition) is 6. The Morgan fingerprint density at radius 1 is 0.256 bits per heavy atom. The molecule has 458 valence electrons. The van der Waals surface area contributed by atoms with Gasteiger partial charge in [-0.05, 0) is 70.6 Å². The van der Waals surface area contributed by atoms with E-state index in [1.807, 2.05) is 0 Å². The number of allylic oxidation sites excluding steroid dienone is 6. The molecule has 0 aromatic carbocycles. The zero-order valence-corrected chi connectivity index (χ0v) is 52.7. The maximum atomic E-state index is 12.9. The SMILES string of the molecule is CCC/C=C\C/C=C\CCCCCCCC(=O)OCC(COC(=O)CCCCCCCCCCCCCCCCCCCCCCCCCCCCCC)OC(=O)CCCCCCCCCCC/C=C\CCCCCCCC. The van der Waals surface area contributed by atoms with Crippen LogP contribution in [0.2, 0.25) is 0 Å². The molecule has 0 spiro atoms. The van der Waals surface area contributed by atoms with Gasteiger partial charge in [0.2, 0.25) is 0 Å². The fraction of sp³-hybridized carbons (Fsp3) is 0.875. The van der Waals surface area contributed by atoms with E-state index in [2.05, 4.69) is 57.2 Å². The Hall–Kier alpha value is -2.37. The molecule has 0 fully saturated rings. The van der Waals surface area contributed by atoms with Gasteiger partial charge in [-0.15, -0.1) is 0 Å². The lowest BCUT2D eigenvalue weighted by Crippen LogP contribution is -2.30. The maximum absolute atomic E-state index is 12.9. The van der Waals surface area contributed by atoms with Gasteiger partial charge in [0.05, 0.1) is 0 Å². The molecular formula is C72H134O6. The molecule has 6 heteroatoms. The monoisotopic (exact) mass is 1100 g/mol. The number of esters is 3. The highest BCUT2D eigenvalue weighted by Gasteiger charge is 2.19. The lowest BCUT2D eigenvalue weighted by molar-refractivity contribution is -0.167. The number of rotatable bonds is 65. The lowest BCUT2D eigenvalue weighted by atomic mass is 10.0. The third-order valence-electron chi connectivity index (χ3n) is 15.8. The second kappa shape index (κ2) is 67.1. The summed E-state index contributed by atoms with van der Waals surface area (Å²) in [6.45, 7) is 6.63. The quantitative estimate of drug-likeness (QED) is 0.0261. The molecule has 0 saturated heterocycles. The first kappa shape index (κ1) is 75.6. The number of ether oxygens (including phenoxy) is 3. The Morgan fingerprint density at radius 3 is 0.769 bits per heavy atom.